The maximum Gasteiger partial charge on any atom is 0.318 e. The first-order valence-corrected chi connectivity index (χ1v) is 34.2. The smallest absolute Gasteiger partial charge is 0.318 e. The van der Waals surface area contributed by atoms with E-state index in [4.69, 9.17) is 18.9 Å². The van der Waals surface area contributed by atoms with Crippen LogP contribution in [0.25, 0.3) is 44.1 Å². The van der Waals surface area contributed by atoms with E-state index in [1.54, 1.807) is 0 Å². The Hall–Kier alpha value is -6.20. The molecule has 0 saturated heterocycles. The van der Waals surface area contributed by atoms with Gasteiger partial charge in [-0.1, -0.05) is 179 Å². The molecule has 0 radical (unpaired) electrons. The standard InChI is InChI=1S/C73H100N8O8.4ClH/c1-5-9-13-17-21-33-45-78-61-41-29-25-37-57(61)74-65(78)49-69(82)86-53-73(54-87-70(83)50-66-75-58-38-26-30-42-62(58)79(66)46-34-22-18-14-10-6-2,55-88-71(84)51-67-76-59-39-27-31-43-63(59)80(67)47-35-23-19-15-11-7-3)56-89-72(85)52-68-77-60-40-28-32-44-64(60)81(68)48-36-24-20-16-12-8-4;;;;/h25-32,37-44H,5-24,33-36,45-56H2,1-4H3;4*1H. The molecule has 8 aromatic rings. The molecule has 0 unspecified atom stereocenters. The number of aromatic nitrogens is 8. The minimum absolute atomic E-state index is 0. The van der Waals surface area contributed by atoms with Crippen molar-refractivity contribution < 1.29 is 106 Å². The normalized spacial score (nSPS) is 11.3. The minimum atomic E-state index is -1.54. The van der Waals surface area contributed by atoms with Gasteiger partial charge in [0.05, 0.1) is 26.2 Å². The SMILES string of the molecule is CCCCCCCC[n+]1c(CC(=O)OCC(COC(=O)Cc2[nH]c3ccccc3[n+]2CCCCCCCC)(COC(=O)Cc2[nH]c3ccccc3[n+]2CCCCCCCC)COC(=O)Cc2[nH]c3ccccc3[n+]2CCCCCCCC)[nH]c2ccccc21.[Cl-].[Cl-].[Cl-].[Cl-]. The highest BCUT2D eigenvalue weighted by molar-refractivity contribution is 5.78. The Labute approximate surface area is 576 Å². The molecule has 8 rings (SSSR count). The van der Waals surface area contributed by atoms with Crippen LogP contribution in [0.5, 0.6) is 0 Å². The number of unbranched alkanes of at least 4 members (excludes halogenated alkanes) is 20. The van der Waals surface area contributed by atoms with E-state index in [0.29, 0.717) is 23.3 Å². The van der Waals surface area contributed by atoms with Gasteiger partial charge in [0, 0.05) is 0 Å². The molecule has 0 fully saturated rings. The van der Waals surface area contributed by atoms with Crippen LogP contribution in [0, 0.1) is 5.41 Å². The van der Waals surface area contributed by atoms with E-state index in [2.05, 4.69) is 90.2 Å². The molecule has 0 aliphatic heterocycles. The van der Waals surface area contributed by atoms with E-state index in [1.807, 2.05) is 72.8 Å². The summed E-state index contributed by atoms with van der Waals surface area (Å²) >= 11 is 0. The van der Waals surface area contributed by atoms with Crippen molar-refractivity contribution in [3.63, 3.8) is 0 Å². The number of para-hydroxylation sites is 8. The van der Waals surface area contributed by atoms with Crippen LogP contribution in [-0.2, 0) is 90.0 Å². The van der Waals surface area contributed by atoms with E-state index in [1.165, 1.54) is 77.0 Å². The number of ether oxygens (including phenoxy) is 4. The number of benzene rings is 4. The largest absolute Gasteiger partial charge is 1.00 e. The lowest BCUT2D eigenvalue weighted by atomic mass is 9.92. The molecule has 0 atom stereocenters. The quantitative estimate of drug-likeness (QED) is 0.0193. The van der Waals surface area contributed by atoms with Crippen molar-refractivity contribution in [1.29, 1.82) is 0 Å². The van der Waals surface area contributed by atoms with Gasteiger partial charge in [0.15, 0.2) is 44.1 Å². The molecule has 16 nitrogen and oxygen atoms in total. The van der Waals surface area contributed by atoms with Crippen molar-refractivity contribution in [3.05, 3.63) is 120 Å². The number of halogens is 4. The van der Waals surface area contributed by atoms with Gasteiger partial charge in [0.1, 0.15) is 57.5 Å². The van der Waals surface area contributed by atoms with Gasteiger partial charge in [-0.05, 0) is 99.9 Å². The zero-order valence-electron chi connectivity index (χ0n) is 55.8. The molecular formula is C73H104Cl4N8O8. The van der Waals surface area contributed by atoms with Gasteiger partial charge in [-0.2, -0.15) is 0 Å². The summed E-state index contributed by atoms with van der Waals surface area (Å²) in [5.74, 6) is 0.631. The Morgan fingerprint density at radius 2 is 0.495 bits per heavy atom. The third-order valence-corrected chi connectivity index (χ3v) is 17.5. The van der Waals surface area contributed by atoms with Crippen molar-refractivity contribution in [2.45, 2.75) is 234 Å². The zero-order valence-corrected chi connectivity index (χ0v) is 58.8. The number of aromatic amines is 4. The number of carbonyl (C=O) groups excluding carboxylic acids is 4. The Bertz CT molecular complexity index is 3030. The lowest BCUT2D eigenvalue weighted by Gasteiger charge is -2.31. The van der Waals surface area contributed by atoms with Crippen LogP contribution in [-0.4, -0.2) is 70.2 Å². The molecule has 4 heterocycles. The van der Waals surface area contributed by atoms with E-state index in [-0.39, 0.29) is 75.3 Å². The van der Waals surface area contributed by atoms with Gasteiger partial charge in [-0.3, -0.25) is 19.2 Å². The molecule has 4 N–H and O–H groups in total. The summed E-state index contributed by atoms with van der Waals surface area (Å²) in [6, 6.07) is 32.2. The highest BCUT2D eigenvalue weighted by Crippen LogP contribution is 2.25. The molecule has 4 aromatic heterocycles. The fourth-order valence-corrected chi connectivity index (χ4v) is 12.4. The Kier molecular flexibility index (Phi) is 36.6. The molecule has 20 heteroatoms. The third-order valence-electron chi connectivity index (χ3n) is 17.5. The number of carbonyl (C=O) groups is 4. The summed E-state index contributed by atoms with van der Waals surface area (Å²) in [6.07, 6.45) is 26.7. The molecule has 512 valence electrons. The minimum Gasteiger partial charge on any atom is -1.00 e. The highest BCUT2D eigenvalue weighted by atomic mass is 35.5. The second-order valence-corrected chi connectivity index (χ2v) is 24.9. The summed E-state index contributed by atoms with van der Waals surface area (Å²) in [5, 5.41) is 0. The van der Waals surface area contributed by atoms with Gasteiger partial charge >= 0.3 is 23.9 Å². The van der Waals surface area contributed by atoms with E-state index >= 15 is 0 Å². The van der Waals surface area contributed by atoms with Gasteiger partial charge in [-0.15, -0.1) is 0 Å². The second-order valence-electron chi connectivity index (χ2n) is 24.9. The lowest BCUT2D eigenvalue weighted by Crippen LogP contribution is -3.00. The molecule has 0 aliphatic rings. The summed E-state index contributed by atoms with van der Waals surface area (Å²) < 4.78 is 34.0. The van der Waals surface area contributed by atoms with E-state index < -0.39 is 55.7 Å². The summed E-state index contributed by atoms with van der Waals surface area (Å²) in [5.41, 5.74) is 6.11. The average molecular weight is 1360 g/mol. The number of hydrogen-bond acceptors (Lipinski definition) is 8. The van der Waals surface area contributed by atoms with Crippen LogP contribution < -0.4 is 67.9 Å². The summed E-state index contributed by atoms with van der Waals surface area (Å²) in [6.45, 7) is 10.2. The van der Waals surface area contributed by atoms with Crippen molar-refractivity contribution in [2.24, 2.45) is 5.41 Å². The number of rotatable bonds is 44. The molecule has 93 heavy (non-hydrogen) atoms. The topological polar surface area (TPSA) is 184 Å². The Morgan fingerprint density at radius 3 is 0.710 bits per heavy atom. The third kappa shape index (κ3) is 24.2. The number of fused-ring (bicyclic) bond motifs is 4. The fraction of sp³-hybridized carbons (Fsp3) is 0.562. The van der Waals surface area contributed by atoms with E-state index in [9.17, 15) is 19.2 Å². The molecule has 0 spiro atoms. The fourth-order valence-electron chi connectivity index (χ4n) is 12.4. The van der Waals surface area contributed by atoms with E-state index in [0.717, 1.165) is 147 Å². The second kappa shape index (κ2) is 43.0. The number of nitrogens with zero attached hydrogens (tertiary/aromatic N) is 4. The number of nitrogens with one attached hydrogen (secondary N) is 4. The van der Waals surface area contributed by atoms with Crippen LogP contribution in [0.15, 0.2) is 97.1 Å². The highest BCUT2D eigenvalue weighted by Gasteiger charge is 2.40. The van der Waals surface area contributed by atoms with Crippen LogP contribution >= 0.6 is 0 Å². The average Bonchev–Trinajstić information content (AvgIpc) is 1.72. The van der Waals surface area contributed by atoms with Crippen molar-refractivity contribution in [2.75, 3.05) is 26.4 Å². The van der Waals surface area contributed by atoms with Crippen molar-refractivity contribution in [3.8, 4) is 0 Å². The number of esters is 4. The monoisotopic (exact) mass is 1360 g/mol. The van der Waals surface area contributed by atoms with Gasteiger partial charge < -0.3 is 68.6 Å². The van der Waals surface area contributed by atoms with Crippen molar-refractivity contribution in [1.82, 2.24) is 19.9 Å². The van der Waals surface area contributed by atoms with Crippen LogP contribution in [0.1, 0.15) is 205 Å². The molecule has 0 amide bonds. The van der Waals surface area contributed by atoms with Gasteiger partial charge in [0.2, 0.25) is 0 Å². The molecule has 0 aliphatic carbocycles. The molecule has 0 saturated carbocycles. The molecular weight excluding hydrogens is 1260 g/mol. The first-order chi connectivity index (χ1) is 43.6. The number of aryl methyl sites for hydroxylation is 4. The molecule has 0 bridgehead atoms. The van der Waals surface area contributed by atoms with Crippen LogP contribution in [0.3, 0.4) is 0 Å². The maximum atomic E-state index is 14.5. The lowest BCUT2D eigenvalue weighted by molar-refractivity contribution is -0.679. The number of hydrogen-bond donors (Lipinski definition) is 4. The van der Waals surface area contributed by atoms with Crippen molar-refractivity contribution >= 4 is 68.0 Å². The number of imidazole rings is 4. The van der Waals surface area contributed by atoms with Crippen LogP contribution in [0.2, 0.25) is 0 Å². The first kappa shape index (κ1) is 79.2. The zero-order chi connectivity index (χ0) is 62.5. The maximum absolute atomic E-state index is 14.5. The van der Waals surface area contributed by atoms with Gasteiger partial charge in [0.25, 0.3) is 23.3 Å². The Balaban J connectivity index is 0.00000461. The van der Waals surface area contributed by atoms with Gasteiger partial charge in [-0.25, -0.2) is 38.2 Å². The first-order valence-electron chi connectivity index (χ1n) is 34.2. The molecule has 4 aromatic carbocycles. The Morgan fingerprint density at radius 1 is 0.301 bits per heavy atom. The summed E-state index contributed by atoms with van der Waals surface area (Å²) in [4.78, 5) is 72.1. The summed E-state index contributed by atoms with van der Waals surface area (Å²) in [7, 11) is 0. The predicted octanol–water partition coefficient (Wildman–Crippen LogP) is 1.65. The predicted molar refractivity (Wildman–Crippen MR) is 349 cm³/mol. The van der Waals surface area contributed by atoms with Crippen LogP contribution in [0.4, 0.5) is 0 Å². The number of H-pyrrole nitrogens is 4.